The molecule has 30 heavy (non-hydrogen) atoms. The van der Waals surface area contributed by atoms with E-state index in [-0.39, 0.29) is 35.5 Å². The van der Waals surface area contributed by atoms with Crippen LogP contribution in [-0.4, -0.2) is 21.8 Å². The van der Waals surface area contributed by atoms with Gasteiger partial charge in [-0.2, -0.15) is 5.26 Å². The zero-order valence-electron chi connectivity index (χ0n) is 15.6. The largest absolute Gasteiger partial charge is 0.439 e. The first kappa shape index (κ1) is 17.3. The molecule has 7 nitrogen and oxygen atoms in total. The van der Waals surface area contributed by atoms with Crippen molar-refractivity contribution in [1.82, 2.24) is 9.97 Å². The summed E-state index contributed by atoms with van der Waals surface area (Å²) in [5, 5.41) is 9.42. The Hall–Kier alpha value is -3.57. The molecule has 2 aromatic heterocycles. The number of hydrogen-bond acceptors (Lipinski definition) is 7. The molecule has 2 fully saturated rings. The minimum Gasteiger partial charge on any atom is -0.439 e. The second-order valence-corrected chi connectivity index (χ2v) is 8.74. The summed E-state index contributed by atoms with van der Waals surface area (Å²) in [6, 6.07) is 10.6. The van der Waals surface area contributed by atoms with Gasteiger partial charge in [0.25, 0.3) is 0 Å². The fourth-order valence-corrected chi connectivity index (χ4v) is 5.80. The molecule has 4 atom stereocenters. The Balaban J connectivity index is 1.31. The molecular formula is C22H14N4O3S. The van der Waals surface area contributed by atoms with Crippen LogP contribution in [0.15, 0.2) is 48.7 Å². The third kappa shape index (κ3) is 2.42. The Morgan fingerprint density at radius 3 is 2.60 bits per heavy atom. The first-order valence-corrected chi connectivity index (χ1v) is 10.4. The molecule has 2 unspecified atom stereocenters. The molecule has 6 rings (SSSR count). The van der Waals surface area contributed by atoms with E-state index in [0.29, 0.717) is 27.8 Å². The average molecular weight is 414 g/mol. The number of benzene rings is 1. The molecule has 0 radical (unpaired) electrons. The number of carbonyl (C=O) groups excluding carboxylic acids is 2. The molecular weight excluding hydrogens is 400 g/mol. The fraction of sp³-hybridized carbons (Fsp3) is 0.227. The molecule has 1 aromatic carbocycles. The molecule has 3 heterocycles. The van der Waals surface area contributed by atoms with Gasteiger partial charge in [-0.05, 0) is 36.5 Å². The minimum absolute atomic E-state index is 0.130. The van der Waals surface area contributed by atoms with Gasteiger partial charge in [-0.15, -0.1) is 0 Å². The number of amides is 2. The number of pyridine rings is 1. The van der Waals surface area contributed by atoms with Gasteiger partial charge >= 0.3 is 0 Å². The summed E-state index contributed by atoms with van der Waals surface area (Å²) in [6.07, 6.45) is 6.58. The number of ether oxygens (including phenoxy) is 1. The molecule has 1 aliphatic heterocycles. The van der Waals surface area contributed by atoms with Crippen LogP contribution >= 0.6 is 11.3 Å². The van der Waals surface area contributed by atoms with Crippen molar-refractivity contribution in [1.29, 1.82) is 5.26 Å². The smallest absolute Gasteiger partial charge is 0.240 e. The first-order chi connectivity index (χ1) is 14.6. The third-order valence-corrected chi connectivity index (χ3v) is 7.10. The van der Waals surface area contributed by atoms with E-state index in [4.69, 9.17) is 10.00 Å². The molecule has 0 N–H and O–H groups in total. The van der Waals surface area contributed by atoms with Crippen molar-refractivity contribution < 1.29 is 14.3 Å². The van der Waals surface area contributed by atoms with Gasteiger partial charge in [0.05, 0.1) is 33.7 Å². The Morgan fingerprint density at radius 1 is 1.10 bits per heavy atom. The van der Waals surface area contributed by atoms with Crippen LogP contribution in [0.5, 0.6) is 11.6 Å². The van der Waals surface area contributed by atoms with Crippen LogP contribution in [0.4, 0.5) is 5.13 Å². The molecule has 146 valence electrons. The number of rotatable bonds is 3. The third-order valence-electron chi connectivity index (χ3n) is 6.10. The number of allylic oxidation sites excluding steroid dienone is 2. The Labute approximate surface area is 175 Å². The number of fused-ring (bicyclic) bond motifs is 6. The number of anilines is 1. The Morgan fingerprint density at radius 2 is 1.87 bits per heavy atom. The molecule has 1 saturated carbocycles. The van der Waals surface area contributed by atoms with Gasteiger partial charge < -0.3 is 4.74 Å². The number of aromatic nitrogens is 2. The van der Waals surface area contributed by atoms with Crippen molar-refractivity contribution in [2.24, 2.45) is 23.7 Å². The van der Waals surface area contributed by atoms with Gasteiger partial charge in [-0.1, -0.05) is 23.5 Å². The van der Waals surface area contributed by atoms with Crippen LogP contribution < -0.4 is 9.64 Å². The first-order valence-electron chi connectivity index (χ1n) is 9.63. The Kier molecular flexibility index (Phi) is 3.58. The lowest BCUT2D eigenvalue weighted by Gasteiger charge is -2.14. The summed E-state index contributed by atoms with van der Waals surface area (Å²) in [7, 11) is 0. The second kappa shape index (κ2) is 6.21. The summed E-state index contributed by atoms with van der Waals surface area (Å²) < 4.78 is 6.57. The van der Waals surface area contributed by atoms with Gasteiger partial charge in [-0.3, -0.25) is 9.59 Å². The number of imide groups is 1. The summed E-state index contributed by atoms with van der Waals surface area (Å²) in [6.45, 7) is 0. The molecule has 0 spiro atoms. The van der Waals surface area contributed by atoms with Gasteiger partial charge in [0.15, 0.2) is 5.13 Å². The topological polar surface area (TPSA) is 96.2 Å². The van der Waals surface area contributed by atoms with Gasteiger partial charge in [0, 0.05) is 18.3 Å². The maximum atomic E-state index is 13.0. The summed E-state index contributed by atoms with van der Waals surface area (Å²) in [4.78, 5) is 36.0. The number of carbonyl (C=O) groups is 2. The molecule has 2 bridgehead atoms. The quantitative estimate of drug-likeness (QED) is 0.479. The van der Waals surface area contributed by atoms with Crippen molar-refractivity contribution >= 4 is 38.5 Å². The molecule has 3 aliphatic rings. The van der Waals surface area contributed by atoms with E-state index in [1.807, 2.05) is 0 Å². The van der Waals surface area contributed by atoms with Gasteiger partial charge in [-0.25, -0.2) is 14.9 Å². The molecule has 8 heteroatoms. The lowest BCUT2D eigenvalue weighted by molar-refractivity contribution is -0.123. The Bertz CT molecular complexity index is 1280. The van der Waals surface area contributed by atoms with Crippen molar-refractivity contribution in [3.05, 3.63) is 54.2 Å². The number of hydrogen-bond donors (Lipinski definition) is 0. The molecule has 1 saturated heterocycles. The minimum atomic E-state index is -0.239. The highest BCUT2D eigenvalue weighted by Crippen LogP contribution is 2.53. The zero-order chi connectivity index (χ0) is 20.4. The maximum Gasteiger partial charge on any atom is 0.240 e. The summed E-state index contributed by atoms with van der Waals surface area (Å²) >= 11 is 1.30. The highest BCUT2D eigenvalue weighted by Gasteiger charge is 2.60. The average Bonchev–Trinajstić information content (AvgIpc) is 3.51. The van der Waals surface area contributed by atoms with E-state index in [9.17, 15) is 9.59 Å². The van der Waals surface area contributed by atoms with E-state index in [2.05, 4.69) is 28.2 Å². The standard InChI is InChI=1S/C22H14N4O3S/c23-10-11-5-6-24-17(7-11)29-14-3-4-15-16(9-14)30-22(25-15)26-20(27)18-12-1-2-13(8-12)19(18)21(26)28/h1-7,9,12-13,18-19H,8H2/t12?,13?,18-,19+. The second-order valence-electron chi connectivity index (χ2n) is 7.73. The predicted octanol–water partition coefficient (Wildman–Crippen LogP) is 3.67. The molecule has 2 amide bonds. The highest BCUT2D eigenvalue weighted by atomic mass is 32.1. The number of nitriles is 1. The van der Waals surface area contributed by atoms with Crippen molar-refractivity contribution in [2.75, 3.05) is 4.90 Å². The highest BCUT2D eigenvalue weighted by molar-refractivity contribution is 7.22. The van der Waals surface area contributed by atoms with Gasteiger partial charge in [0.1, 0.15) is 5.75 Å². The van der Waals surface area contributed by atoms with Crippen LogP contribution in [0.25, 0.3) is 10.2 Å². The summed E-state index contributed by atoms with van der Waals surface area (Å²) in [5.74, 6) is 0.468. The predicted molar refractivity (Wildman–Crippen MR) is 109 cm³/mol. The zero-order valence-corrected chi connectivity index (χ0v) is 16.4. The van der Waals surface area contributed by atoms with Crippen LogP contribution in [0, 0.1) is 35.0 Å². The lowest BCUT2D eigenvalue weighted by Crippen LogP contribution is -2.32. The van der Waals surface area contributed by atoms with E-state index >= 15 is 0 Å². The molecule has 3 aromatic rings. The van der Waals surface area contributed by atoms with Crippen molar-refractivity contribution in [2.45, 2.75) is 6.42 Å². The molecule has 2 aliphatic carbocycles. The number of nitrogens with zero attached hydrogens (tertiary/aromatic N) is 4. The van der Waals surface area contributed by atoms with E-state index in [1.54, 1.807) is 30.3 Å². The van der Waals surface area contributed by atoms with Crippen LogP contribution in [0.1, 0.15) is 12.0 Å². The van der Waals surface area contributed by atoms with Gasteiger partial charge in [0.2, 0.25) is 17.7 Å². The van der Waals surface area contributed by atoms with E-state index < -0.39 is 0 Å². The lowest BCUT2D eigenvalue weighted by atomic mass is 9.85. The monoisotopic (exact) mass is 414 g/mol. The van der Waals surface area contributed by atoms with E-state index in [0.717, 1.165) is 11.1 Å². The SMILES string of the molecule is N#Cc1ccnc(Oc2ccc3nc(N4C(=O)[C@@H]5C6C=CC(C6)[C@@H]5C4=O)sc3c2)c1. The number of thiazole rings is 1. The van der Waals surface area contributed by atoms with Crippen molar-refractivity contribution in [3.8, 4) is 17.7 Å². The van der Waals surface area contributed by atoms with E-state index in [1.165, 1.54) is 22.4 Å². The van der Waals surface area contributed by atoms with Crippen molar-refractivity contribution in [3.63, 3.8) is 0 Å². The van der Waals surface area contributed by atoms with Crippen LogP contribution in [-0.2, 0) is 9.59 Å². The normalized spacial score (nSPS) is 26.4. The maximum absolute atomic E-state index is 13.0. The summed E-state index contributed by atoms with van der Waals surface area (Å²) in [5.41, 5.74) is 1.15. The van der Waals surface area contributed by atoms with Crippen LogP contribution in [0.2, 0.25) is 0 Å². The van der Waals surface area contributed by atoms with Crippen LogP contribution in [0.3, 0.4) is 0 Å². The fourth-order valence-electron chi connectivity index (χ4n) is 4.80.